The number of aryl methyl sites for hydroxylation is 2. The van der Waals surface area contributed by atoms with Crippen molar-refractivity contribution in [2.45, 2.75) is 45.2 Å². The van der Waals surface area contributed by atoms with Gasteiger partial charge in [0.15, 0.2) is 5.82 Å². The van der Waals surface area contributed by atoms with Crippen molar-refractivity contribution in [1.29, 1.82) is 0 Å². The lowest BCUT2D eigenvalue weighted by Crippen LogP contribution is -2.34. The van der Waals surface area contributed by atoms with Crippen molar-refractivity contribution in [2.75, 3.05) is 19.6 Å². The molecule has 4 rings (SSSR count). The topological polar surface area (TPSA) is 69.6 Å². The summed E-state index contributed by atoms with van der Waals surface area (Å²) in [4.78, 5) is 6.86. The lowest BCUT2D eigenvalue weighted by molar-refractivity contribution is 0.203. The molecule has 27 heavy (non-hydrogen) atoms. The van der Waals surface area contributed by atoms with Crippen LogP contribution in [0.4, 0.5) is 0 Å². The van der Waals surface area contributed by atoms with Crippen LogP contribution in [0.1, 0.15) is 42.7 Å². The van der Waals surface area contributed by atoms with E-state index < -0.39 is 0 Å². The third kappa shape index (κ3) is 4.10. The lowest BCUT2D eigenvalue weighted by Gasteiger charge is -2.31. The van der Waals surface area contributed by atoms with Gasteiger partial charge in [0.2, 0.25) is 0 Å². The number of nitrogens with zero attached hydrogens (tertiary/aromatic N) is 8. The second-order valence-corrected chi connectivity index (χ2v) is 7.37. The summed E-state index contributed by atoms with van der Waals surface area (Å²) in [6, 6.07) is 1.93. The average Bonchev–Trinajstić information content (AvgIpc) is 3.41. The number of aromatic nitrogens is 7. The van der Waals surface area contributed by atoms with E-state index in [1.54, 1.807) is 6.20 Å². The SMILES string of the molecule is Cc1nccn1CCCN1CCC(c2nnc(Cn3cccn3)n2C)CC1. The first-order chi connectivity index (χ1) is 13.2. The van der Waals surface area contributed by atoms with Crippen molar-refractivity contribution in [3.8, 4) is 0 Å². The quantitative estimate of drug-likeness (QED) is 0.636. The first-order valence-corrected chi connectivity index (χ1v) is 9.76. The Morgan fingerprint density at radius 3 is 2.63 bits per heavy atom. The number of rotatable bonds is 7. The zero-order valence-electron chi connectivity index (χ0n) is 16.2. The molecule has 1 saturated heterocycles. The molecule has 1 aliphatic heterocycles. The monoisotopic (exact) mass is 368 g/mol. The second-order valence-electron chi connectivity index (χ2n) is 7.37. The molecule has 0 amide bonds. The number of hydrogen-bond donors (Lipinski definition) is 0. The van der Waals surface area contributed by atoms with E-state index in [1.165, 1.54) is 6.42 Å². The fourth-order valence-electron chi connectivity index (χ4n) is 3.93. The van der Waals surface area contributed by atoms with Crippen LogP contribution in [0.3, 0.4) is 0 Å². The molecule has 0 bridgehead atoms. The molecule has 8 nitrogen and oxygen atoms in total. The van der Waals surface area contributed by atoms with E-state index in [0.717, 1.165) is 56.5 Å². The molecule has 144 valence electrons. The Balaban J connectivity index is 1.26. The molecular formula is C19H28N8. The second kappa shape index (κ2) is 8.04. The predicted molar refractivity (Wildman–Crippen MR) is 102 cm³/mol. The Hall–Kier alpha value is -2.48. The maximum absolute atomic E-state index is 4.49. The minimum Gasteiger partial charge on any atom is -0.335 e. The molecule has 0 saturated carbocycles. The van der Waals surface area contributed by atoms with E-state index in [1.807, 2.05) is 23.1 Å². The van der Waals surface area contributed by atoms with Gasteiger partial charge in [-0.15, -0.1) is 10.2 Å². The summed E-state index contributed by atoms with van der Waals surface area (Å²) in [5, 5.41) is 13.2. The Labute approximate surface area is 159 Å². The molecule has 0 unspecified atom stereocenters. The number of likely N-dealkylation sites (tertiary alicyclic amines) is 1. The van der Waals surface area contributed by atoms with Crippen molar-refractivity contribution in [3.63, 3.8) is 0 Å². The minimum atomic E-state index is 0.501. The number of hydrogen-bond acceptors (Lipinski definition) is 5. The highest BCUT2D eigenvalue weighted by atomic mass is 15.3. The molecule has 0 aliphatic carbocycles. The Morgan fingerprint density at radius 2 is 1.93 bits per heavy atom. The zero-order valence-corrected chi connectivity index (χ0v) is 16.2. The highest BCUT2D eigenvalue weighted by Gasteiger charge is 2.25. The van der Waals surface area contributed by atoms with Crippen LogP contribution in [0, 0.1) is 6.92 Å². The van der Waals surface area contributed by atoms with Crippen molar-refractivity contribution in [2.24, 2.45) is 7.05 Å². The maximum atomic E-state index is 4.49. The van der Waals surface area contributed by atoms with E-state index in [-0.39, 0.29) is 0 Å². The summed E-state index contributed by atoms with van der Waals surface area (Å²) in [6.45, 7) is 7.19. The van der Waals surface area contributed by atoms with Crippen LogP contribution in [0.2, 0.25) is 0 Å². The zero-order chi connectivity index (χ0) is 18.6. The van der Waals surface area contributed by atoms with Gasteiger partial charge in [0.05, 0.1) is 0 Å². The summed E-state index contributed by atoms with van der Waals surface area (Å²) in [6.07, 6.45) is 11.2. The van der Waals surface area contributed by atoms with Crippen molar-refractivity contribution in [1.82, 2.24) is 39.0 Å². The molecule has 1 aliphatic rings. The molecular weight excluding hydrogens is 340 g/mol. The smallest absolute Gasteiger partial charge is 0.154 e. The third-order valence-corrected chi connectivity index (χ3v) is 5.61. The lowest BCUT2D eigenvalue weighted by atomic mass is 9.96. The summed E-state index contributed by atoms with van der Waals surface area (Å²) in [5.41, 5.74) is 0. The number of imidazole rings is 1. The molecule has 0 atom stereocenters. The minimum absolute atomic E-state index is 0.501. The van der Waals surface area contributed by atoms with Gasteiger partial charge in [0.1, 0.15) is 18.2 Å². The number of piperidine rings is 1. The first-order valence-electron chi connectivity index (χ1n) is 9.76. The van der Waals surface area contributed by atoms with Gasteiger partial charge in [-0.3, -0.25) is 4.68 Å². The predicted octanol–water partition coefficient (Wildman–Crippen LogP) is 1.83. The van der Waals surface area contributed by atoms with Crippen LogP contribution in [-0.2, 0) is 20.1 Å². The Bertz CT molecular complexity index is 839. The van der Waals surface area contributed by atoms with Gasteiger partial charge in [0.25, 0.3) is 0 Å². The molecule has 8 heteroatoms. The van der Waals surface area contributed by atoms with Gasteiger partial charge in [-0.25, -0.2) is 4.98 Å². The van der Waals surface area contributed by atoms with Gasteiger partial charge in [0, 0.05) is 44.3 Å². The molecule has 0 spiro atoms. The van der Waals surface area contributed by atoms with Crippen LogP contribution in [0.15, 0.2) is 30.9 Å². The van der Waals surface area contributed by atoms with E-state index in [4.69, 9.17) is 0 Å². The maximum Gasteiger partial charge on any atom is 0.154 e. The van der Waals surface area contributed by atoms with E-state index in [9.17, 15) is 0 Å². The van der Waals surface area contributed by atoms with Gasteiger partial charge in [-0.2, -0.15) is 5.10 Å². The molecule has 3 aromatic rings. The van der Waals surface area contributed by atoms with Crippen molar-refractivity contribution in [3.05, 3.63) is 48.3 Å². The largest absolute Gasteiger partial charge is 0.335 e. The van der Waals surface area contributed by atoms with E-state index >= 15 is 0 Å². The van der Waals surface area contributed by atoms with Crippen molar-refractivity contribution >= 4 is 0 Å². The highest BCUT2D eigenvalue weighted by Crippen LogP contribution is 2.27. The van der Waals surface area contributed by atoms with Gasteiger partial charge >= 0.3 is 0 Å². The standard InChI is InChI=1S/C19H28N8/c1-16-20-8-14-26(16)10-4-9-25-12-5-17(6-13-25)19-23-22-18(24(19)2)15-27-11-3-7-21-27/h3,7-8,11,14,17H,4-6,9-10,12-13,15H2,1-2H3. The van der Waals surface area contributed by atoms with Crippen LogP contribution in [-0.4, -0.2) is 58.6 Å². The van der Waals surface area contributed by atoms with Crippen LogP contribution >= 0.6 is 0 Å². The molecule has 3 aromatic heterocycles. The van der Waals surface area contributed by atoms with Crippen LogP contribution in [0.5, 0.6) is 0 Å². The average molecular weight is 368 g/mol. The summed E-state index contributed by atoms with van der Waals surface area (Å²) in [7, 11) is 2.08. The Morgan fingerprint density at radius 1 is 1.07 bits per heavy atom. The summed E-state index contributed by atoms with van der Waals surface area (Å²) in [5.74, 6) is 3.68. The van der Waals surface area contributed by atoms with Gasteiger partial charge in [-0.05, 0) is 51.9 Å². The normalized spacial score (nSPS) is 16.2. The molecule has 0 radical (unpaired) electrons. The van der Waals surface area contributed by atoms with Crippen LogP contribution < -0.4 is 0 Å². The first kappa shape index (κ1) is 17.9. The molecule has 4 heterocycles. The summed E-state index contributed by atoms with van der Waals surface area (Å²) >= 11 is 0. The van der Waals surface area contributed by atoms with Crippen LogP contribution in [0.25, 0.3) is 0 Å². The van der Waals surface area contributed by atoms with Gasteiger partial charge < -0.3 is 14.0 Å². The molecule has 0 aromatic carbocycles. The van der Waals surface area contributed by atoms with Gasteiger partial charge in [-0.1, -0.05) is 0 Å². The van der Waals surface area contributed by atoms with Crippen molar-refractivity contribution < 1.29 is 0 Å². The molecule has 0 N–H and O–H groups in total. The molecule has 1 fully saturated rings. The van der Waals surface area contributed by atoms with E-state index in [2.05, 4.69) is 54.5 Å². The van der Waals surface area contributed by atoms with E-state index in [0.29, 0.717) is 12.5 Å². The third-order valence-electron chi connectivity index (χ3n) is 5.61. The fraction of sp³-hybridized carbons (Fsp3) is 0.579. The Kier molecular flexibility index (Phi) is 5.33. The summed E-state index contributed by atoms with van der Waals surface area (Å²) < 4.78 is 6.27. The highest BCUT2D eigenvalue weighted by molar-refractivity contribution is 5.04. The fourth-order valence-corrected chi connectivity index (χ4v) is 3.93.